The van der Waals surface area contributed by atoms with E-state index in [-0.39, 0.29) is 17.1 Å². The van der Waals surface area contributed by atoms with Crippen LogP contribution in [0.1, 0.15) is 20.8 Å². The van der Waals surface area contributed by atoms with E-state index in [1.807, 2.05) is 0 Å². The van der Waals surface area contributed by atoms with Gasteiger partial charge in [0.05, 0.1) is 5.57 Å². The Morgan fingerprint density at radius 2 is 2.12 bits per heavy atom. The van der Waals surface area contributed by atoms with Gasteiger partial charge >= 0.3 is 0 Å². The number of rotatable bonds is 1. The number of terminal acetylenes is 1. The summed E-state index contributed by atoms with van der Waals surface area (Å²) in [5.41, 5.74) is 5.22. The Balaban J connectivity index is 3.15. The lowest BCUT2D eigenvalue weighted by Crippen LogP contribution is -2.48. The van der Waals surface area contributed by atoms with Crippen molar-refractivity contribution in [2.45, 2.75) is 26.8 Å². The Morgan fingerprint density at radius 1 is 1.56 bits per heavy atom. The highest BCUT2D eigenvalue weighted by molar-refractivity contribution is 6.48. The number of hydrogen-bond donors (Lipinski definition) is 1. The van der Waals surface area contributed by atoms with E-state index in [9.17, 15) is 9.59 Å². The molecule has 0 fully saturated rings. The number of nitrogens with zero attached hydrogens (tertiary/aromatic N) is 1. The Hall–Kier alpha value is -1.73. The van der Waals surface area contributed by atoms with Crippen molar-refractivity contribution < 1.29 is 9.59 Å². The quantitative estimate of drug-likeness (QED) is 0.650. The van der Waals surface area contributed by atoms with Crippen molar-refractivity contribution in [2.75, 3.05) is 0 Å². The molecule has 84 valence electrons. The highest BCUT2D eigenvalue weighted by Crippen LogP contribution is 2.19. The predicted molar refractivity (Wildman–Crippen MR) is 61.8 cm³/mol. The molecule has 4 nitrogen and oxygen atoms in total. The van der Waals surface area contributed by atoms with Crippen LogP contribution >= 0.6 is 0 Å². The van der Waals surface area contributed by atoms with E-state index < -0.39 is 17.2 Å². The highest BCUT2D eigenvalue weighted by Gasteiger charge is 2.35. The van der Waals surface area contributed by atoms with E-state index in [4.69, 9.17) is 12.2 Å². The fraction of sp³-hybridized carbons (Fsp3) is 0.417. The summed E-state index contributed by atoms with van der Waals surface area (Å²) in [5, 5.41) is 0. The van der Waals surface area contributed by atoms with Crippen molar-refractivity contribution in [3.8, 4) is 12.3 Å². The molecule has 0 aromatic rings. The summed E-state index contributed by atoms with van der Waals surface area (Å²) in [6, 6.07) is -1.04. The molecule has 0 spiro atoms. The van der Waals surface area contributed by atoms with Crippen molar-refractivity contribution >= 4 is 17.3 Å². The average Bonchev–Trinajstić information content (AvgIpc) is 2.20. The van der Waals surface area contributed by atoms with Crippen molar-refractivity contribution in [3.05, 3.63) is 11.8 Å². The van der Waals surface area contributed by atoms with Crippen molar-refractivity contribution in [2.24, 2.45) is 16.1 Å². The minimum atomic E-state index is -1.04. The van der Waals surface area contributed by atoms with Gasteiger partial charge in [-0.2, -0.15) is 0 Å². The molecule has 0 aliphatic carbocycles. The van der Waals surface area contributed by atoms with Crippen molar-refractivity contribution in [1.82, 2.24) is 0 Å². The topological polar surface area (TPSA) is 72.5 Å². The van der Waals surface area contributed by atoms with Crippen molar-refractivity contribution in [1.29, 1.82) is 0 Å². The first-order valence-corrected chi connectivity index (χ1v) is 4.88. The summed E-state index contributed by atoms with van der Waals surface area (Å²) in [6.07, 6.45) is 6.34. The Kier molecular flexibility index (Phi) is 3.11. The van der Waals surface area contributed by atoms with Gasteiger partial charge in [-0.3, -0.25) is 14.6 Å². The van der Waals surface area contributed by atoms with Gasteiger partial charge in [0.2, 0.25) is 0 Å². The third-order valence-corrected chi connectivity index (χ3v) is 2.24. The zero-order chi connectivity index (χ0) is 12.5. The Morgan fingerprint density at radius 3 is 2.56 bits per heavy atom. The van der Waals surface area contributed by atoms with Gasteiger partial charge in [0, 0.05) is 11.6 Å². The Bertz CT molecular complexity index is 445. The molecule has 4 heteroatoms. The first-order valence-electron chi connectivity index (χ1n) is 4.88. The van der Waals surface area contributed by atoms with Crippen molar-refractivity contribution in [3.63, 3.8) is 0 Å². The molecule has 1 heterocycles. The first kappa shape index (κ1) is 12.3. The lowest BCUT2D eigenvalue weighted by Gasteiger charge is -2.22. The molecule has 0 aromatic carbocycles. The Labute approximate surface area is 94.6 Å². The molecule has 1 rings (SSSR count). The molecule has 0 aromatic heterocycles. The van der Waals surface area contributed by atoms with E-state index in [1.54, 1.807) is 20.8 Å². The highest BCUT2D eigenvalue weighted by atomic mass is 16.1. The molecule has 2 N–H and O–H groups in total. The van der Waals surface area contributed by atoms with Gasteiger partial charge in [0.1, 0.15) is 11.8 Å². The van der Waals surface area contributed by atoms with Crippen LogP contribution in [0.5, 0.6) is 0 Å². The summed E-state index contributed by atoms with van der Waals surface area (Å²) in [6.45, 7) is 5.24. The number of Topliss-reactive ketones (excluding diaryl/α,β-unsaturated/α-hetero) is 2. The van der Waals surface area contributed by atoms with Gasteiger partial charge in [0.15, 0.2) is 11.6 Å². The predicted octanol–water partition coefficient (Wildman–Crippen LogP) is 0.470. The normalized spacial score (nSPS) is 20.9. The largest absolute Gasteiger partial charge is 0.316 e. The number of carbonyl (C=O) groups excluding carboxylic acids is 2. The van der Waals surface area contributed by atoms with Gasteiger partial charge in [-0.15, -0.1) is 6.42 Å². The lowest BCUT2D eigenvalue weighted by atomic mass is 9.83. The third-order valence-electron chi connectivity index (χ3n) is 2.24. The van der Waals surface area contributed by atoms with Crippen LogP contribution in [0.3, 0.4) is 0 Å². The summed E-state index contributed by atoms with van der Waals surface area (Å²) < 4.78 is 0. The summed E-state index contributed by atoms with van der Waals surface area (Å²) in [4.78, 5) is 27.5. The maximum Gasteiger partial charge on any atom is 0.195 e. The number of ketones is 2. The molecule has 0 bridgehead atoms. The zero-order valence-electron chi connectivity index (χ0n) is 9.57. The fourth-order valence-electron chi connectivity index (χ4n) is 1.26. The fourth-order valence-corrected chi connectivity index (χ4v) is 1.26. The molecule has 16 heavy (non-hydrogen) atoms. The van der Waals surface area contributed by atoms with E-state index in [0.29, 0.717) is 0 Å². The molecular formula is C12H14N2O2. The number of aliphatic imine (C=N–C) groups is 1. The van der Waals surface area contributed by atoms with Crippen LogP contribution < -0.4 is 5.73 Å². The molecule has 1 aliphatic heterocycles. The summed E-state index contributed by atoms with van der Waals surface area (Å²) in [7, 11) is 0. The molecular weight excluding hydrogens is 204 g/mol. The maximum atomic E-state index is 11.9. The molecule has 1 aliphatic rings. The van der Waals surface area contributed by atoms with E-state index >= 15 is 0 Å². The SMILES string of the molecule is C#CC1=CN=C(C(=O)C(C)(C)C)C(N)C1=O. The molecule has 1 unspecified atom stereocenters. The second-order valence-corrected chi connectivity index (χ2v) is 4.62. The lowest BCUT2D eigenvalue weighted by molar-refractivity contribution is -0.121. The van der Waals surface area contributed by atoms with E-state index in [1.165, 1.54) is 6.20 Å². The first-order chi connectivity index (χ1) is 7.29. The van der Waals surface area contributed by atoms with Crippen LogP contribution in [-0.4, -0.2) is 23.3 Å². The van der Waals surface area contributed by atoms with Crippen LogP contribution in [0.15, 0.2) is 16.8 Å². The third kappa shape index (κ3) is 2.10. The number of carbonyl (C=O) groups is 2. The molecule has 0 saturated heterocycles. The van der Waals surface area contributed by atoms with Crippen LogP contribution in [0, 0.1) is 17.8 Å². The van der Waals surface area contributed by atoms with Gasteiger partial charge < -0.3 is 5.73 Å². The summed E-state index contributed by atoms with van der Waals surface area (Å²) in [5.74, 6) is 1.53. The van der Waals surface area contributed by atoms with Crippen LogP contribution in [0.4, 0.5) is 0 Å². The molecule has 1 atom stereocenters. The maximum absolute atomic E-state index is 11.9. The minimum Gasteiger partial charge on any atom is -0.316 e. The second-order valence-electron chi connectivity index (χ2n) is 4.62. The minimum absolute atomic E-state index is 0.0801. The average molecular weight is 218 g/mol. The van der Waals surface area contributed by atoms with Crippen LogP contribution in [-0.2, 0) is 9.59 Å². The number of nitrogens with two attached hydrogens (primary N) is 1. The second kappa shape index (κ2) is 4.03. The van der Waals surface area contributed by atoms with Gasteiger partial charge in [-0.1, -0.05) is 26.7 Å². The standard InChI is InChI=1S/C12H14N2O2/c1-5-7-6-14-9(8(13)10(7)15)11(16)12(2,3)4/h1,6,8H,13H2,2-4H3. The van der Waals surface area contributed by atoms with Gasteiger partial charge in [-0.25, -0.2) is 0 Å². The van der Waals surface area contributed by atoms with Crippen LogP contribution in [0.25, 0.3) is 0 Å². The van der Waals surface area contributed by atoms with E-state index in [2.05, 4.69) is 10.9 Å². The number of hydrogen-bond acceptors (Lipinski definition) is 4. The molecule has 0 amide bonds. The summed E-state index contributed by atoms with van der Waals surface area (Å²) >= 11 is 0. The van der Waals surface area contributed by atoms with E-state index in [0.717, 1.165) is 0 Å². The smallest absolute Gasteiger partial charge is 0.195 e. The van der Waals surface area contributed by atoms with Crippen LogP contribution in [0.2, 0.25) is 0 Å². The molecule has 0 radical (unpaired) electrons. The zero-order valence-corrected chi connectivity index (χ0v) is 9.57. The monoisotopic (exact) mass is 218 g/mol. The van der Waals surface area contributed by atoms with Gasteiger partial charge in [0.25, 0.3) is 0 Å². The van der Waals surface area contributed by atoms with Gasteiger partial charge in [-0.05, 0) is 0 Å². The molecule has 0 saturated carbocycles.